The van der Waals surface area contributed by atoms with Gasteiger partial charge in [0.2, 0.25) is 10.0 Å². The van der Waals surface area contributed by atoms with Gasteiger partial charge in [0.15, 0.2) is 0 Å². The van der Waals surface area contributed by atoms with Crippen LogP contribution in [-0.2, 0) is 16.4 Å². The van der Waals surface area contributed by atoms with E-state index in [0.29, 0.717) is 6.42 Å². The monoisotopic (exact) mass is 390 g/mol. The van der Waals surface area contributed by atoms with E-state index >= 15 is 0 Å². The van der Waals surface area contributed by atoms with Crippen LogP contribution < -0.4 is 14.8 Å². The molecule has 0 aromatic heterocycles. The van der Waals surface area contributed by atoms with Gasteiger partial charge in [0.25, 0.3) is 5.91 Å². The van der Waals surface area contributed by atoms with E-state index in [9.17, 15) is 13.2 Å². The lowest BCUT2D eigenvalue weighted by molar-refractivity contribution is 0.0919. The van der Waals surface area contributed by atoms with Crippen molar-refractivity contribution in [2.45, 2.75) is 37.6 Å². The van der Waals surface area contributed by atoms with Gasteiger partial charge < -0.3 is 10.1 Å². The molecule has 0 fully saturated rings. The summed E-state index contributed by atoms with van der Waals surface area (Å²) >= 11 is 0. The molecule has 2 aromatic carbocycles. The van der Waals surface area contributed by atoms with E-state index in [-0.39, 0.29) is 28.7 Å². The number of benzene rings is 2. The lowest BCUT2D eigenvalue weighted by Gasteiger charge is -2.21. The van der Waals surface area contributed by atoms with Gasteiger partial charge in [-0.25, -0.2) is 13.1 Å². The third-order valence-corrected chi connectivity index (χ3v) is 5.23. The SMILES string of the molecule is COc1ccc(C(=O)NC(C)(C)C)cc1S(=O)(=O)NCCc1ccccc1. The molecule has 7 heteroatoms. The Morgan fingerprint density at radius 2 is 1.74 bits per heavy atom. The van der Waals surface area contributed by atoms with Crippen molar-refractivity contribution in [3.8, 4) is 5.75 Å². The van der Waals surface area contributed by atoms with Gasteiger partial charge in [0, 0.05) is 17.6 Å². The van der Waals surface area contributed by atoms with Crippen LogP contribution >= 0.6 is 0 Å². The predicted molar refractivity (Wildman–Crippen MR) is 106 cm³/mol. The molecule has 2 N–H and O–H groups in total. The fraction of sp³-hybridized carbons (Fsp3) is 0.350. The summed E-state index contributed by atoms with van der Waals surface area (Å²) in [7, 11) is -2.43. The summed E-state index contributed by atoms with van der Waals surface area (Å²) in [5, 5.41) is 2.82. The van der Waals surface area contributed by atoms with Crippen LogP contribution in [0.1, 0.15) is 36.7 Å². The molecular weight excluding hydrogens is 364 g/mol. The highest BCUT2D eigenvalue weighted by Crippen LogP contribution is 2.25. The predicted octanol–water partition coefficient (Wildman–Crippen LogP) is 2.74. The molecule has 27 heavy (non-hydrogen) atoms. The zero-order valence-electron chi connectivity index (χ0n) is 16.1. The van der Waals surface area contributed by atoms with Crippen LogP contribution in [0.25, 0.3) is 0 Å². The fourth-order valence-corrected chi connectivity index (χ4v) is 3.72. The minimum absolute atomic E-state index is 0.0559. The Labute approximate surface area is 161 Å². The Hall–Kier alpha value is -2.38. The van der Waals surface area contributed by atoms with Crippen LogP contribution in [0.4, 0.5) is 0 Å². The topological polar surface area (TPSA) is 84.5 Å². The van der Waals surface area contributed by atoms with Crippen LogP contribution in [0.15, 0.2) is 53.4 Å². The van der Waals surface area contributed by atoms with Crippen molar-refractivity contribution in [1.29, 1.82) is 0 Å². The van der Waals surface area contributed by atoms with Gasteiger partial charge in [-0.05, 0) is 51.0 Å². The van der Waals surface area contributed by atoms with E-state index in [4.69, 9.17) is 4.74 Å². The molecule has 146 valence electrons. The zero-order valence-corrected chi connectivity index (χ0v) is 16.9. The highest BCUT2D eigenvalue weighted by molar-refractivity contribution is 7.89. The summed E-state index contributed by atoms with van der Waals surface area (Å²) in [6, 6.07) is 14.0. The van der Waals surface area contributed by atoms with Gasteiger partial charge in [0.05, 0.1) is 7.11 Å². The highest BCUT2D eigenvalue weighted by Gasteiger charge is 2.23. The molecule has 2 aromatic rings. The number of methoxy groups -OCH3 is 1. The molecule has 0 radical (unpaired) electrons. The Morgan fingerprint density at radius 1 is 1.07 bits per heavy atom. The fourth-order valence-electron chi connectivity index (χ4n) is 2.49. The molecule has 0 bridgehead atoms. The van der Waals surface area contributed by atoms with Crippen molar-refractivity contribution in [3.63, 3.8) is 0 Å². The number of hydrogen-bond acceptors (Lipinski definition) is 4. The van der Waals surface area contributed by atoms with E-state index < -0.39 is 15.6 Å². The van der Waals surface area contributed by atoms with Gasteiger partial charge in [-0.3, -0.25) is 4.79 Å². The minimum atomic E-state index is -3.83. The maximum absolute atomic E-state index is 12.7. The third kappa shape index (κ3) is 6.08. The normalized spacial score (nSPS) is 11.9. The first-order valence-electron chi connectivity index (χ1n) is 8.66. The number of rotatable bonds is 7. The third-order valence-electron chi connectivity index (χ3n) is 3.75. The van der Waals surface area contributed by atoms with Crippen LogP contribution in [0.3, 0.4) is 0 Å². The molecule has 0 atom stereocenters. The molecule has 6 nitrogen and oxygen atoms in total. The minimum Gasteiger partial charge on any atom is -0.495 e. The van der Waals surface area contributed by atoms with E-state index in [2.05, 4.69) is 10.0 Å². The summed E-state index contributed by atoms with van der Waals surface area (Å²) in [5.74, 6) is -0.152. The number of nitrogens with one attached hydrogen (secondary N) is 2. The Balaban J connectivity index is 2.20. The van der Waals surface area contributed by atoms with E-state index in [1.165, 1.54) is 19.2 Å². The van der Waals surface area contributed by atoms with Gasteiger partial charge in [-0.2, -0.15) is 0 Å². The molecule has 0 aliphatic carbocycles. The van der Waals surface area contributed by atoms with Crippen LogP contribution in [0, 0.1) is 0 Å². The zero-order chi connectivity index (χ0) is 20.1. The second-order valence-corrected chi connectivity index (χ2v) is 8.94. The van der Waals surface area contributed by atoms with Crippen molar-refractivity contribution >= 4 is 15.9 Å². The van der Waals surface area contributed by atoms with Crippen molar-refractivity contribution in [1.82, 2.24) is 10.0 Å². The number of hydrogen-bond donors (Lipinski definition) is 2. The first-order valence-corrected chi connectivity index (χ1v) is 10.1. The molecule has 2 rings (SSSR count). The number of carbonyl (C=O) groups is 1. The average molecular weight is 391 g/mol. The number of sulfonamides is 1. The average Bonchev–Trinajstić information content (AvgIpc) is 2.60. The lowest BCUT2D eigenvalue weighted by atomic mass is 10.1. The first kappa shape index (κ1) is 20.9. The molecule has 0 spiro atoms. The number of carbonyl (C=O) groups excluding carboxylic acids is 1. The summed E-state index contributed by atoms with van der Waals surface area (Å²) in [5.41, 5.74) is 0.865. The Morgan fingerprint density at radius 3 is 2.33 bits per heavy atom. The highest BCUT2D eigenvalue weighted by atomic mass is 32.2. The van der Waals surface area contributed by atoms with Gasteiger partial charge in [0.1, 0.15) is 10.6 Å². The van der Waals surface area contributed by atoms with E-state index in [1.54, 1.807) is 6.07 Å². The molecule has 0 saturated heterocycles. The summed E-state index contributed by atoms with van der Waals surface area (Å²) in [6.07, 6.45) is 0.562. The van der Waals surface area contributed by atoms with E-state index in [0.717, 1.165) is 5.56 Å². The molecule has 0 saturated carbocycles. The molecule has 1 amide bonds. The maximum Gasteiger partial charge on any atom is 0.251 e. The standard InChI is InChI=1S/C20H26N2O4S/c1-20(2,3)22-19(23)16-10-11-17(26-4)18(14-16)27(24,25)21-13-12-15-8-6-5-7-9-15/h5-11,14,21H,12-13H2,1-4H3,(H,22,23). The van der Waals surface area contributed by atoms with Crippen molar-refractivity contribution < 1.29 is 17.9 Å². The largest absolute Gasteiger partial charge is 0.495 e. The maximum atomic E-state index is 12.7. The smallest absolute Gasteiger partial charge is 0.251 e. The van der Waals surface area contributed by atoms with Crippen molar-refractivity contribution in [3.05, 3.63) is 59.7 Å². The van der Waals surface area contributed by atoms with E-state index in [1.807, 2.05) is 51.1 Å². The molecule has 0 aliphatic heterocycles. The van der Waals surface area contributed by atoms with Crippen LogP contribution in [-0.4, -0.2) is 33.5 Å². The Bertz CT molecular complexity index is 888. The van der Waals surface area contributed by atoms with Crippen molar-refractivity contribution in [2.75, 3.05) is 13.7 Å². The van der Waals surface area contributed by atoms with Gasteiger partial charge >= 0.3 is 0 Å². The molecule has 0 unspecified atom stereocenters. The van der Waals surface area contributed by atoms with Gasteiger partial charge in [-0.15, -0.1) is 0 Å². The summed E-state index contributed by atoms with van der Waals surface area (Å²) in [4.78, 5) is 12.3. The van der Waals surface area contributed by atoms with Gasteiger partial charge in [-0.1, -0.05) is 30.3 Å². The number of amides is 1. The number of ether oxygens (including phenoxy) is 1. The van der Waals surface area contributed by atoms with Crippen LogP contribution in [0.2, 0.25) is 0 Å². The second-order valence-electron chi connectivity index (χ2n) is 7.20. The summed E-state index contributed by atoms with van der Waals surface area (Å²) < 4.78 is 33.2. The van der Waals surface area contributed by atoms with Crippen LogP contribution in [0.5, 0.6) is 5.75 Å². The molecule has 0 aliphatic rings. The molecule has 0 heterocycles. The Kier molecular flexibility index (Phi) is 6.62. The van der Waals surface area contributed by atoms with Crippen molar-refractivity contribution in [2.24, 2.45) is 0 Å². The first-order chi connectivity index (χ1) is 12.6. The molecular formula is C20H26N2O4S. The summed E-state index contributed by atoms with van der Waals surface area (Å²) in [6.45, 7) is 5.82. The lowest BCUT2D eigenvalue weighted by Crippen LogP contribution is -2.40. The second kappa shape index (κ2) is 8.54. The quantitative estimate of drug-likeness (QED) is 0.761.